The van der Waals surface area contributed by atoms with E-state index < -0.39 is 0 Å². The monoisotopic (exact) mass is 251 g/mol. The van der Waals surface area contributed by atoms with E-state index in [0.717, 1.165) is 18.6 Å². The number of benzene rings is 1. The molecule has 0 radical (unpaired) electrons. The first-order valence-electron chi connectivity index (χ1n) is 6.60. The Kier molecular flexibility index (Phi) is 6.16. The van der Waals surface area contributed by atoms with E-state index >= 15 is 0 Å². The zero-order valence-electron chi connectivity index (χ0n) is 11.6. The Morgan fingerprint density at radius 2 is 2.06 bits per heavy atom. The summed E-state index contributed by atoms with van der Waals surface area (Å²) in [4.78, 5) is 0. The van der Waals surface area contributed by atoms with Crippen molar-refractivity contribution in [1.29, 1.82) is 0 Å². The Balaban J connectivity index is 2.75. The maximum Gasteiger partial charge on any atom is 0.122 e. The van der Waals surface area contributed by atoms with Gasteiger partial charge < -0.3 is 15.6 Å². The first kappa shape index (κ1) is 15.0. The molecule has 0 aliphatic heterocycles. The highest BCUT2D eigenvalue weighted by Crippen LogP contribution is 2.27. The number of hydrogen-bond acceptors (Lipinski definition) is 3. The van der Waals surface area contributed by atoms with Crippen LogP contribution < -0.4 is 10.5 Å². The van der Waals surface area contributed by atoms with Gasteiger partial charge in [-0.05, 0) is 48.4 Å². The van der Waals surface area contributed by atoms with Crippen molar-refractivity contribution in [3.05, 3.63) is 29.3 Å². The second kappa shape index (κ2) is 7.39. The van der Waals surface area contributed by atoms with Gasteiger partial charge in [-0.3, -0.25) is 0 Å². The lowest BCUT2D eigenvalue weighted by Gasteiger charge is -2.15. The molecule has 3 heteroatoms. The van der Waals surface area contributed by atoms with Gasteiger partial charge in [0, 0.05) is 6.61 Å². The molecule has 0 amide bonds. The number of hydrogen-bond donors (Lipinski definition) is 2. The highest BCUT2D eigenvalue weighted by atomic mass is 16.5. The van der Waals surface area contributed by atoms with Crippen LogP contribution in [-0.4, -0.2) is 25.4 Å². The molecular weight excluding hydrogens is 226 g/mol. The summed E-state index contributed by atoms with van der Waals surface area (Å²) < 4.78 is 5.37. The average Bonchev–Trinajstić information content (AvgIpc) is 2.39. The van der Waals surface area contributed by atoms with Gasteiger partial charge >= 0.3 is 0 Å². The van der Waals surface area contributed by atoms with Crippen LogP contribution in [0, 0.1) is 5.92 Å². The maximum absolute atomic E-state index is 9.13. The Labute approximate surface area is 110 Å². The maximum atomic E-state index is 9.13. The Morgan fingerprint density at radius 1 is 1.33 bits per heavy atom. The topological polar surface area (TPSA) is 55.5 Å². The number of aliphatic hydroxyl groups excluding tert-OH is 1. The van der Waals surface area contributed by atoms with Gasteiger partial charge in [-0.15, -0.1) is 0 Å². The largest absolute Gasteiger partial charge is 0.496 e. The summed E-state index contributed by atoms with van der Waals surface area (Å²) in [6.45, 7) is 5.05. The van der Waals surface area contributed by atoms with E-state index in [4.69, 9.17) is 15.6 Å². The molecule has 18 heavy (non-hydrogen) atoms. The molecule has 0 aromatic heterocycles. The first-order chi connectivity index (χ1) is 8.62. The van der Waals surface area contributed by atoms with Crippen LogP contribution >= 0.6 is 0 Å². The summed E-state index contributed by atoms with van der Waals surface area (Å²) in [5.74, 6) is 1.60. The third-order valence-electron chi connectivity index (χ3n) is 3.35. The number of rotatable bonds is 7. The molecule has 1 unspecified atom stereocenters. The zero-order chi connectivity index (χ0) is 13.5. The normalized spacial score (nSPS) is 12.8. The van der Waals surface area contributed by atoms with Crippen LogP contribution in [0.3, 0.4) is 0 Å². The Morgan fingerprint density at radius 3 is 2.56 bits per heavy atom. The van der Waals surface area contributed by atoms with Crippen molar-refractivity contribution in [1.82, 2.24) is 0 Å². The van der Waals surface area contributed by atoms with Crippen molar-refractivity contribution in [2.75, 3.05) is 20.3 Å². The standard InChI is InChI=1S/C15H25NO2/c1-11(2)14-8-12(6-7-15(14)18-3)4-5-13(9-16)10-17/h6-8,11,13,17H,4-5,9-10,16H2,1-3H3. The van der Waals surface area contributed by atoms with E-state index in [9.17, 15) is 0 Å². The van der Waals surface area contributed by atoms with Gasteiger partial charge in [0.05, 0.1) is 7.11 Å². The van der Waals surface area contributed by atoms with Crippen LogP contribution in [0.1, 0.15) is 37.3 Å². The predicted octanol–water partition coefficient (Wildman–Crippen LogP) is 2.32. The summed E-state index contributed by atoms with van der Waals surface area (Å²) in [6.07, 6.45) is 1.88. The minimum atomic E-state index is 0.170. The van der Waals surface area contributed by atoms with Gasteiger partial charge in [-0.1, -0.05) is 26.0 Å². The van der Waals surface area contributed by atoms with Gasteiger partial charge in [0.15, 0.2) is 0 Å². The van der Waals surface area contributed by atoms with E-state index in [2.05, 4.69) is 26.0 Å². The van der Waals surface area contributed by atoms with Gasteiger partial charge in [-0.2, -0.15) is 0 Å². The molecule has 0 fully saturated rings. The van der Waals surface area contributed by atoms with E-state index in [1.165, 1.54) is 11.1 Å². The van der Waals surface area contributed by atoms with Gasteiger partial charge in [0.1, 0.15) is 5.75 Å². The molecule has 3 N–H and O–H groups in total. The van der Waals surface area contributed by atoms with Crippen molar-refractivity contribution in [3.63, 3.8) is 0 Å². The third-order valence-corrected chi connectivity index (χ3v) is 3.35. The summed E-state index contributed by atoms with van der Waals surface area (Å²) in [6, 6.07) is 6.32. The number of nitrogens with two attached hydrogens (primary N) is 1. The summed E-state index contributed by atoms with van der Waals surface area (Å²) in [5.41, 5.74) is 8.11. The summed E-state index contributed by atoms with van der Waals surface area (Å²) in [5, 5.41) is 9.13. The fraction of sp³-hybridized carbons (Fsp3) is 0.600. The quantitative estimate of drug-likeness (QED) is 0.782. The minimum absolute atomic E-state index is 0.170. The highest BCUT2D eigenvalue weighted by Gasteiger charge is 2.10. The van der Waals surface area contributed by atoms with Gasteiger partial charge in [0.2, 0.25) is 0 Å². The van der Waals surface area contributed by atoms with Gasteiger partial charge in [0.25, 0.3) is 0 Å². The smallest absolute Gasteiger partial charge is 0.122 e. The molecule has 3 nitrogen and oxygen atoms in total. The highest BCUT2D eigenvalue weighted by molar-refractivity contribution is 5.39. The molecule has 1 aromatic rings. The molecule has 0 saturated heterocycles. The minimum Gasteiger partial charge on any atom is -0.496 e. The van der Waals surface area contributed by atoms with Crippen LogP contribution in [0.4, 0.5) is 0 Å². The Hall–Kier alpha value is -1.06. The second-order valence-electron chi connectivity index (χ2n) is 5.05. The van der Waals surface area contributed by atoms with Crippen LogP contribution in [0.15, 0.2) is 18.2 Å². The average molecular weight is 251 g/mol. The molecule has 1 atom stereocenters. The van der Waals surface area contributed by atoms with Crippen molar-refractivity contribution in [2.45, 2.75) is 32.6 Å². The molecule has 0 heterocycles. The van der Waals surface area contributed by atoms with Crippen molar-refractivity contribution >= 4 is 0 Å². The first-order valence-corrected chi connectivity index (χ1v) is 6.60. The van der Waals surface area contributed by atoms with Crippen LogP contribution in [0.2, 0.25) is 0 Å². The number of methoxy groups -OCH3 is 1. The van der Waals surface area contributed by atoms with Crippen molar-refractivity contribution in [2.24, 2.45) is 11.7 Å². The fourth-order valence-electron chi connectivity index (χ4n) is 2.04. The molecule has 0 aliphatic rings. The molecule has 0 saturated carbocycles. The number of aryl methyl sites for hydroxylation is 1. The predicted molar refractivity (Wildman–Crippen MR) is 75.0 cm³/mol. The summed E-state index contributed by atoms with van der Waals surface area (Å²) >= 11 is 0. The lowest BCUT2D eigenvalue weighted by Crippen LogP contribution is -2.18. The number of ether oxygens (including phenoxy) is 1. The third kappa shape index (κ3) is 4.00. The summed E-state index contributed by atoms with van der Waals surface area (Å²) in [7, 11) is 1.71. The molecule has 1 aromatic carbocycles. The lowest BCUT2D eigenvalue weighted by atomic mass is 9.95. The van der Waals surface area contributed by atoms with Crippen LogP contribution in [0.5, 0.6) is 5.75 Å². The SMILES string of the molecule is COc1ccc(CCC(CN)CO)cc1C(C)C. The van der Waals surface area contributed by atoms with Crippen LogP contribution in [-0.2, 0) is 6.42 Å². The second-order valence-corrected chi connectivity index (χ2v) is 5.05. The zero-order valence-corrected chi connectivity index (χ0v) is 11.6. The fourth-order valence-corrected chi connectivity index (χ4v) is 2.04. The Bertz CT molecular complexity index is 360. The lowest BCUT2D eigenvalue weighted by molar-refractivity contribution is 0.223. The van der Waals surface area contributed by atoms with Crippen molar-refractivity contribution < 1.29 is 9.84 Å². The van der Waals surface area contributed by atoms with Crippen molar-refractivity contribution in [3.8, 4) is 5.75 Å². The molecular formula is C15H25NO2. The van der Waals surface area contributed by atoms with E-state index in [1.54, 1.807) is 7.11 Å². The molecule has 1 rings (SSSR count). The molecule has 0 bridgehead atoms. The van der Waals surface area contributed by atoms with Gasteiger partial charge in [-0.25, -0.2) is 0 Å². The van der Waals surface area contributed by atoms with E-state index in [1.807, 2.05) is 6.07 Å². The van der Waals surface area contributed by atoms with Crippen LogP contribution in [0.25, 0.3) is 0 Å². The van der Waals surface area contributed by atoms with E-state index in [0.29, 0.717) is 12.5 Å². The molecule has 102 valence electrons. The molecule has 0 aliphatic carbocycles. The molecule has 0 spiro atoms. The number of aliphatic hydroxyl groups is 1. The van der Waals surface area contributed by atoms with E-state index in [-0.39, 0.29) is 12.5 Å².